The number of aromatic nitrogens is 2. The van der Waals surface area contributed by atoms with Crippen molar-refractivity contribution in [3.8, 4) is 0 Å². The Balaban J connectivity index is 2.40. The van der Waals surface area contributed by atoms with Crippen LogP contribution >= 0.6 is 0 Å². The van der Waals surface area contributed by atoms with E-state index in [0.717, 1.165) is 0 Å². The Morgan fingerprint density at radius 2 is 2.33 bits per heavy atom. The number of imidazole rings is 1. The average molecular weight is 233 g/mol. The van der Waals surface area contributed by atoms with Crippen LogP contribution in [-0.2, 0) is 21.4 Å². The van der Waals surface area contributed by atoms with Gasteiger partial charge >= 0.3 is 5.97 Å². The monoisotopic (exact) mass is 233 g/mol. The summed E-state index contributed by atoms with van der Waals surface area (Å²) in [4.78, 5) is 16.7. The second-order valence-corrected chi connectivity index (χ2v) is 4.75. The maximum atomic E-state index is 11.2. The Kier molecular flexibility index (Phi) is 3.81. The minimum Gasteiger partial charge on any atom is -0.481 e. The first kappa shape index (κ1) is 11.7. The first-order chi connectivity index (χ1) is 6.99. The highest BCUT2D eigenvalue weighted by atomic mass is 32.2. The predicted molar refractivity (Wildman–Crippen MR) is 51.5 cm³/mol. The average Bonchev–Trinajstić information content (AvgIpc) is 2.65. The molecule has 7 nitrogen and oxygen atoms in total. The molecule has 84 valence electrons. The smallest absolute Gasteiger partial charge is 0.304 e. The van der Waals surface area contributed by atoms with Crippen molar-refractivity contribution < 1.29 is 18.3 Å². The zero-order valence-corrected chi connectivity index (χ0v) is 8.62. The van der Waals surface area contributed by atoms with Crippen molar-refractivity contribution in [2.75, 3.05) is 5.75 Å². The lowest BCUT2D eigenvalue weighted by atomic mass is 10.5. The molecule has 0 fully saturated rings. The first-order valence-electron chi connectivity index (χ1n) is 4.17. The van der Waals surface area contributed by atoms with Gasteiger partial charge < -0.3 is 10.1 Å². The summed E-state index contributed by atoms with van der Waals surface area (Å²) in [5, 5.41) is 8.32. The topological polar surface area (TPSA) is 112 Å². The van der Waals surface area contributed by atoms with E-state index in [4.69, 9.17) is 5.11 Å². The summed E-state index contributed by atoms with van der Waals surface area (Å²) in [6.45, 7) is 0.0367. The van der Waals surface area contributed by atoms with Gasteiger partial charge in [-0.05, 0) is 0 Å². The second-order valence-electron chi connectivity index (χ2n) is 2.82. The van der Waals surface area contributed by atoms with Crippen molar-refractivity contribution in [3.63, 3.8) is 0 Å². The molecule has 0 atom stereocenters. The first-order valence-corrected chi connectivity index (χ1v) is 5.82. The van der Waals surface area contributed by atoms with Crippen LogP contribution in [0.4, 0.5) is 0 Å². The molecule has 0 aliphatic heterocycles. The Bertz CT molecular complexity index is 411. The molecule has 0 amide bonds. The molecule has 0 spiro atoms. The Morgan fingerprint density at radius 3 is 2.87 bits per heavy atom. The molecule has 1 aromatic heterocycles. The molecule has 0 aliphatic rings. The summed E-state index contributed by atoms with van der Waals surface area (Å²) in [6.07, 6.45) is 2.66. The summed E-state index contributed by atoms with van der Waals surface area (Å²) in [7, 11) is -3.54. The molecule has 0 radical (unpaired) electrons. The van der Waals surface area contributed by atoms with Gasteiger partial charge in [-0.15, -0.1) is 0 Å². The van der Waals surface area contributed by atoms with Crippen LogP contribution in [0.2, 0.25) is 0 Å². The summed E-state index contributed by atoms with van der Waals surface area (Å²) in [5.41, 5.74) is 0. The van der Waals surface area contributed by atoms with E-state index in [2.05, 4.69) is 14.7 Å². The number of rotatable bonds is 6. The lowest BCUT2D eigenvalue weighted by molar-refractivity contribution is -0.136. The van der Waals surface area contributed by atoms with Gasteiger partial charge in [-0.25, -0.2) is 18.1 Å². The van der Waals surface area contributed by atoms with Crippen LogP contribution < -0.4 is 4.72 Å². The van der Waals surface area contributed by atoms with Gasteiger partial charge in [0.05, 0.1) is 18.7 Å². The summed E-state index contributed by atoms with van der Waals surface area (Å²) in [5.74, 6) is -1.09. The maximum absolute atomic E-state index is 11.2. The van der Waals surface area contributed by atoms with Gasteiger partial charge in [0.15, 0.2) is 0 Å². The highest BCUT2D eigenvalue weighted by molar-refractivity contribution is 7.89. The van der Waals surface area contributed by atoms with E-state index in [-0.39, 0.29) is 6.54 Å². The van der Waals surface area contributed by atoms with E-state index in [1.54, 1.807) is 6.20 Å². The number of sulfonamides is 1. The molecule has 15 heavy (non-hydrogen) atoms. The van der Waals surface area contributed by atoms with Gasteiger partial charge in [-0.3, -0.25) is 4.79 Å². The predicted octanol–water partition coefficient (Wildman–Crippen LogP) is -0.696. The van der Waals surface area contributed by atoms with Gasteiger partial charge in [0.25, 0.3) is 0 Å². The van der Waals surface area contributed by atoms with Crippen molar-refractivity contribution in [2.24, 2.45) is 0 Å². The van der Waals surface area contributed by atoms with Crippen molar-refractivity contribution in [3.05, 3.63) is 18.2 Å². The Hall–Kier alpha value is -1.41. The van der Waals surface area contributed by atoms with Crippen LogP contribution in [-0.4, -0.2) is 35.2 Å². The molecule has 1 rings (SSSR count). The zero-order chi connectivity index (χ0) is 11.3. The van der Waals surface area contributed by atoms with Gasteiger partial charge in [-0.1, -0.05) is 0 Å². The number of carbonyl (C=O) groups is 1. The summed E-state index contributed by atoms with van der Waals surface area (Å²) < 4.78 is 24.7. The van der Waals surface area contributed by atoms with E-state index in [9.17, 15) is 13.2 Å². The molecule has 0 aliphatic carbocycles. The fraction of sp³-hybridized carbons (Fsp3) is 0.429. The zero-order valence-electron chi connectivity index (χ0n) is 7.80. The van der Waals surface area contributed by atoms with Crippen LogP contribution in [0.5, 0.6) is 0 Å². The van der Waals surface area contributed by atoms with E-state index >= 15 is 0 Å². The van der Waals surface area contributed by atoms with Crippen molar-refractivity contribution in [1.82, 2.24) is 14.7 Å². The van der Waals surface area contributed by atoms with E-state index in [1.807, 2.05) is 0 Å². The Morgan fingerprint density at radius 1 is 1.60 bits per heavy atom. The third-order valence-corrected chi connectivity index (χ3v) is 2.92. The molecule has 3 N–H and O–H groups in total. The lowest BCUT2D eigenvalue weighted by Gasteiger charge is -2.02. The van der Waals surface area contributed by atoms with Gasteiger partial charge in [0.2, 0.25) is 10.0 Å². The van der Waals surface area contributed by atoms with Gasteiger partial charge in [-0.2, -0.15) is 0 Å². The maximum Gasteiger partial charge on any atom is 0.304 e. The number of carboxylic acids is 1. The minimum atomic E-state index is -3.54. The number of nitrogens with one attached hydrogen (secondary N) is 2. The molecule has 0 aromatic carbocycles. The molecule has 1 aromatic rings. The van der Waals surface area contributed by atoms with E-state index in [1.165, 1.54) is 6.20 Å². The van der Waals surface area contributed by atoms with Crippen LogP contribution in [0.25, 0.3) is 0 Å². The highest BCUT2D eigenvalue weighted by Crippen LogP contribution is 1.93. The number of aromatic amines is 1. The standard InChI is InChI=1S/C7H11N3O4S/c11-7(12)1-4-15(13,14)10-5-6-8-2-3-9-6/h2-3,10H,1,4-5H2,(H,8,9)(H,11,12). The molecule has 0 saturated heterocycles. The number of H-pyrrole nitrogens is 1. The number of hydrogen-bond acceptors (Lipinski definition) is 4. The summed E-state index contributed by atoms with van der Waals surface area (Å²) >= 11 is 0. The molecule has 8 heteroatoms. The van der Waals surface area contributed by atoms with Gasteiger partial charge in [0, 0.05) is 12.4 Å². The number of carboxylic acid groups (broad SMARTS) is 1. The van der Waals surface area contributed by atoms with Crippen LogP contribution in [0.15, 0.2) is 12.4 Å². The molecule has 1 heterocycles. The number of aliphatic carboxylic acids is 1. The molecular weight excluding hydrogens is 222 g/mol. The molecule has 0 saturated carbocycles. The van der Waals surface area contributed by atoms with Crippen molar-refractivity contribution in [2.45, 2.75) is 13.0 Å². The fourth-order valence-electron chi connectivity index (χ4n) is 0.867. The molecule has 0 unspecified atom stereocenters. The highest BCUT2D eigenvalue weighted by Gasteiger charge is 2.12. The lowest BCUT2D eigenvalue weighted by Crippen LogP contribution is -2.27. The largest absolute Gasteiger partial charge is 0.481 e. The minimum absolute atomic E-state index is 0.0367. The normalized spacial score (nSPS) is 11.5. The Labute approximate surface area is 86.6 Å². The van der Waals surface area contributed by atoms with Crippen molar-refractivity contribution >= 4 is 16.0 Å². The van der Waals surface area contributed by atoms with E-state index < -0.39 is 28.2 Å². The quantitative estimate of drug-likeness (QED) is 0.601. The van der Waals surface area contributed by atoms with Crippen LogP contribution in [0.1, 0.15) is 12.2 Å². The van der Waals surface area contributed by atoms with Crippen LogP contribution in [0.3, 0.4) is 0 Å². The number of nitrogens with zero attached hydrogens (tertiary/aromatic N) is 1. The van der Waals surface area contributed by atoms with Crippen LogP contribution in [0, 0.1) is 0 Å². The SMILES string of the molecule is O=C(O)CCS(=O)(=O)NCc1ncc[nH]1. The summed E-state index contributed by atoms with van der Waals surface area (Å²) in [6, 6.07) is 0. The molecule has 0 bridgehead atoms. The van der Waals surface area contributed by atoms with Gasteiger partial charge in [0.1, 0.15) is 5.82 Å². The second kappa shape index (κ2) is 4.89. The third kappa shape index (κ3) is 4.56. The van der Waals surface area contributed by atoms with E-state index in [0.29, 0.717) is 5.82 Å². The van der Waals surface area contributed by atoms with Crippen molar-refractivity contribution in [1.29, 1.82) is 0 Å². The fourth-order valence-corrected chi connectivity index (χ4v) is 1.81. The molecular formula is C7H11N3O4S. The number of hydrogen-bond donors (Lipinski definition) is 3. The third-order valence-electron chi connectivity index (χ3n) is 1.60.